The van der Waals surface area contributed by atoms with E-state index in [2.05, 4.69) is 16.3 Å². The minimum Gasteiger partial charge on any atom is -0.507 e. The zero-order valence-electron chi connectivity index (χ0n) is 12.7. The predicted molar refractivity (Wildman–Crippen MR) is 79.8 cm³/mol. The highest BCUT2D eigenvalue weighted by atomic mass is 27.0. The molecule has 0 amide bonds. The van der Waals surface area contributed by atoms with E-state index in [1.165, 1.54) is 18.2 Å². The zero-order valence-corrected chi connectivity index (χ0v) is 13.8. The molecule has 4 N–H and O–H groups in total. The molecule has 0 spiro atoms. The molecule has 128 valence electrons. The molecule has 2 fully saturated rings. The average Bonchev–Trinajstić information content (AvgIpc) is 3.24. The Morgan fingerprint density at radius 2 is 2.17 bits per heavy atom. The van der Waals surface area contributed by atoms with E-state index in [-0.39, 0.29) is 29.3 Å². The molecule has 2 aliphatic rings. The largest absolute Gasteiger partial charge is 0.507 e. The SMILES string of the molecule is O=C(C[CH2][Al])c1c(O)cccc1OC1OC(CO)C2OC2(O)C1O. The van der Waals surface area contributed by atoms with Gasteiger partial charge in [0.15, 0.2) is 11.9 Å². The van der Waals surface area contributed by atoms with Gasteiger partial charge in [0.25, 0.3) is 0 Å². The van der Waals surface area contributed by atoms with Crippen molar-refractivity contribution in [3.63, 3.8) is 0 Å². The summed E-state index contributed by atoms with van der Waals surface area (Å²) in [6.07, 6.45) is -4.42. The third-order valence-corrected chi connectivity index (χ3v) is 4.36. The lowest BCUT2D eigenvalue weighted by atomic mass is 10.0. The number of epoxide rings is 1. The van der Waals surface area contributed by atoms with E-state index < -0.39 is 37.0 Å². The first-order chi connectivity index (χ1) is 11.4. The molecule has 0 bridgehead atoms. The third-order valence-electron chi connectivity index (χ3n) is 4.07. The fourth-order valence-corrected chi connectivity index (χ4v) is 3.04. The van der Waals surface area contributed by atoms with E-state index in [0.717, 1.165) is 0 Å². The van der Waals surface area contributed by atoms with E-state index in [0.29, 0.717) is 5.28 Å². The molecule has 5 atom stereocenters. The lowest BCUT2D eigenvalue weighted by Crippen LogP contribution is -2.55. The second-order valence-electron chi connectivity index (χ2n) is 5.69. The lowest BCUT2D eigenvalue weighted by molar-refractivity contribution is -0.240. The molecule has 2 aliphatic heterocycles. The summed E-state index contributed by atoms with van der Waals surface area (Å²) >= 11 is 2.42. The van der Waals surface area contributed by atoms with Gasteiger partial charge in [-0.2, -0.15) is 0 Å². The van der Waals surface area contributed by atoms with Crippen molar-refractivity contribution in [2.45, 2.75) is 42.1 Å². The first-order valence-electron chi connectivity index (χ1n) is 7.48. The number of rotatable bonds is 6. The van der Waals surface area contributed by atoms with E-state index >= 15 is 0 Å². The van der Waals surface area contributed by atoms with Crippen LogP contribution in [-0.2, 0) is 9.47 Å². The number of benzene rings is 1. The maximum atomic E-state index is 12.2. The highest BCUT2D eigenvalue weighted by molar-refractivity contribution is 6.12. The quantitative estimate of drug-likeness (QED) is 0.294. The van der Waals surface area contributed by atoms with Crippen molar-refractivity contribution in [1.82, 2.24) is 0 Å². The molecule has 0 aromatic heterocycles. The molecule has 3 rings (SSSR count). The number of aliphatic hydroxyl groups is 3. The number of carbonyl (C=O) groups is 1. The highest BCUT2D eigenvalue weighted by Gasteiger charge is 2.70. The summed E-state index contributed by atoms with van der Waals surface area (Å²) in [7, 11) is 0. The van der Waals surface area contributed by atoms with Gasteiger partial charge in [0.2, 0.25) is 12.1 Å². The monoisotopic (exact) mass is 352 g/mol. The third kappa shape index (κ3) is 2.93. The Labute approximate surface area is 146 Å². The summed E-state index contributed by atoms with van der Waals surface area (Å²) in [4.78, 5) is 12.2. The number of carbonyl (C=O) groups excluding carboxylic acids is 1. The predicted octanol–water partition coefficient (Wildman–Crippen LogP) is -0.904. The van der Waals surface area contributed by atoms with Crippen molar-refractivity contribution in [2.24, 2.45) is 0 Å². The van der Waals surface area contributed by atoms with Crippen molar-refractivity contribution >= 4 is 22.1 Å². The van der Waals surface area contributed by atoms with Crippen molar-refractivity contribution in [3.05, 3.63) is 23.8 Å². The summed E-state index contributed by atoms with van der Waals surface area (Å²) in [5.74, 6) is -2.42. The first-order valence-corrected chi connectivity index (χ1v) is 8.30. The van der Waals surface area contributed by atoms with E-state index in [1.807, 2.05) is 0 Å². The number of ketones is 1. The minimum absolute atomic E-state index is 0.0156. The van der Waals surface area contributed by atoms with Crippen LogP contribution in [0.15, 0.2) is 18.2 Å². The normalized spacial score (nSPS) is 34.5. The summed E-state index contributed by atoms with van der Waals surface area (Å²) in [6, 6.07) is 4.28. The molecule has 2 heterocycles. The molecule has 5 unspecified atom stereocenters. The Kier molecular flexibility index (Phi) is 4.86. The van der Waals surface area contributed by atoms with Gasteiger partial charge in [0.1, 0.15) is 45.6 Å². The molecule has 8 nitrogen and oxygen atoms in total. The molecule has 1 aromatic rings. The first kappa shape index (κ1) is 17.6. The van der Waals surface area contributed by atoms with Crippen molar-refractivity contribution in [2.75, 3.05) is 6.61 Å². The van der Waals surface area contributed by atoms with Crippen LogP contribution in [0.4, 0.5) is 0 Å². The van der Waals surface area contributed by atoms with E-state index in [9.17, 15) is 25.2 Å². The minimum atomic E-state index is -1.85. The van der Waals surface area contributed by atoms with Crippen LogP contribution < -0.4 is 4.74 Å². The van der Waals surface area contributed by atoms with Gasteiger partial charge in [0, 0.05) is 0 Å². The number of phenolic OH excluding ortho intramolecular Hbond substituents is 1. The summed E-state index contributed by atoms with van der Waals surface area (Å²) in [5, 5.41) is 40.0. The van der Waals surface area contributed by atoms with Gasteiger partial charge < -0.3 is 34.6 Å². The van der Waals surface area contributed by atoms with Crippen molar-refractivity contribution < 1.29 is 39.4 Å². The maximum Gasteiger partial charge on any atom is 0.232 e. The molecule has 2 saturated heterocycles. The molecule has 1 aromatic carbocycles. The Morgan fingerprint density at radius 1 is 1.42 bits per heavy atom. The Hall–Kier alpha value is -1.18. The van der Waals surface area contributed by atoms with Gasteiger partial charge in [0.05, 0.1) is 6.61 Å². The molecular formula is C15H17AlO8. The van der Waals surface area contributed by atoms with Gasteiger partial charge in [-0.25, -0.2) is 0 Å². The van der Waals surface area contributed by atoms with Crippen LogP contribution in [0.2, 0.25) is 5.28 Å². The van der Waals surface area contributed by atoms with Crippen LogP contribution in [0.5, 0.6) is 11.5 Å². The molecule has 0 saturated carbocycles. The maximum absolute atomic E-state index is 12.2. The standard InChI is InChI=1S/C15H17O8.Al/c1-2-7(17)11-8(18)4-3-5-9(11)21-14-12(19)15(20)13(23-15)10(6-16)22-14;/h3-5,10,12-14,16,18-20H,1-2,6H2;. The summed E-state index contributed by atoms with van der Waals surface area (Å²) in [6.45, 7) is -0.432. The topological polar surface area (TPSA) is 129 Å². The van der Waals surface area contributed by atoms with Gasteiger partial charge in [-0.3, -0.25) is 4.79 Å². The van der Waals surface area contributed by atoms with Gasteiger partial charge in [-0.05, 0) is 18.6 Å². The van der Waals surface area contributed by atoms with Crippen LogP contribution in [0.1, 0.15) is 16.8 Å². The van der Waals surface area contributed by atoms with Gasteiger partial charge in [-0.15, -0.1) is 5.28 Å². The zero-order chi connectivity index (χ0) is 17.5. The number of phenols is 1. The second kappa shape index (κ2) is 6.61. The molecule has 24 heavy (non-hydrogen) atoms. The lowest BCUT2D eigenvalue weighted by Gasteiger charge is -2.33. The van der Waals surface area contributed by atoms with Gasteiger partial charge >= 0.3 is 0 Å². The number of Topliss-reactive ketones (excluding diaryl/α,β-unsaturated/α-hetero) is 1. The number of aliphatic hydroxyl groups excluding tert-OH is 2. The number of hydrogen-bond acceptors (Lipinski definition) is 8. The second-order valence-corrected chi connectivity index (χ2v) is 6.27. The summed E-state index contributed by atoms with van der Waals surface area (Å²) in [5.41, 5.74) is -0.0258. The highest BCUT2D eigenvalue weighted by Crippen LogP contribution is 2.46. The fourth-order valence-electron chi connectivity index (χ4n) is 2.77. The summed E-state index contributed by atoms with van der Waals surface area (Å²) < 4.78 is 15.9. The number of ether oxygens (including phenoxy) is 3. The molecule has 9 heteroatoms. The Morgan fingerprint density at radius 3 is 2.83 bits per heavy atom. The Balaban J connectivity index is 1.85. The molecular weight excluding hydrogens is 335 g/mol. The van der Waals surface area contributed by atoms with E-state index in [4.69, 9.17) is 14.2 Å². The molecule has 2 radical (unpaired) electrons. The van der Waals surface area contributed by atoms with Crippen LogP contribution in [0.3, 0.4) is 0 Å². The average molecular weight is 352 g/mol. The fraction of sp³-hybridized carbons (Fsp3) is 0.533. The van der Waals surface area contributed by atoms with E-state index in [1.54, 1.807) is 0 Å². The van der Waals surface area contributed by atoms with Crippen LogP contribution >= 0.6 is 0 Å². The number of hydrogen-bond donors (Lipinski definition) is 4. The van der Waals surface area contributed by atoms with Crippen LogP contribution in [0.25, 0.3) is 0 Å². The van der Waals surface area contributed by atoms with Crippen LogP contribution in [0, 0.1) is 0 Å². The smallest absolute Gasteiger partial charge is 0.232 e. The Bertz CT molecular complexity index is 638. The van der Waals surface area contributed by atoms with Crippen LogP contribution in [-0.4, -0.2) is 79.5 Å². The van der Waals surface area contributed by atoms with Crippen molar-refractivity contribution in [3.8, 4) is 11.5 Å². The van der Waals surface area contributed by atoms with Gasteiger partial charge in [-0.1, -0.05) is 6.07 Å². The van der Waals surface area contributed by atoms with Crippen molar-refractivity contribution in [1.29, 1.82) is 0 Å². The number of fused-ring (bicyclic) bond motifs is 1. The molecule has 0 aliphatic carbocycles. The number of aromatic hydroxyl groups is 1.